The number of amides is 1. The van der Waals surface area contributed by atoms with Crippen molar-refractivity contribution in [3.63, 3.8) is 0 Å². The van der Waals surface area contributed by atoms with E-state index in [1.54, 1.807) is 12.1 Å². The van der Waals surface area contributed by atoms with Gasteiger partial charge >= 0.3 is 0 Å². The zero-order chi connectivity index (χ0) is 19.2. The van der Waals surface area contributed by atoms with E-state index in [4.69, 9.17) is 4.74 Å². The standard InChI is InChI=1S/C21H19BrN2O3/c1-2-27-19-11-14(10-18(22)21(19)26)13-23-24-20(25)12-16-8-5-7-15-6-3-4-9-17(15)16/h3-11,13,26H,2,12H2,1H3,(H,24,25)/b23-13-. The van der Waals surface area contributed by atoms with E-state index in [-0.39, 0.29) is 18.1 Å². The number of ether oxygens (including phenoxy) is 1. The number of aromatic hydroxyl groups is 1. The van der Waals surface area contributed by atoms with Crippen LogP contribution < -0.4 is 10.2 Å². The van der Waals surface area contributed by atoms with Gasteiger partial charge in [-0.25, -0.2) is 5.43 Å². The molecular formula is C21H19BrN2O3. The average Bonchev–Trinajstić information content (AvgIpc) is 2.66. The first kappa shape index (κ1) is 18.9. The van der Waals surface area contributed by atoms with Gasteiger partial charge in [0.2, 0.25) is 5.91 Å². The van der Waals surface area contributed by atoms with Crippen molar-refractivity contribution in [3.05, 3.63) is 70.2 Å². The van der Waals surface area contributed by atoms with E-state index in [1.807, 2.05) is 49.4 Å². The Labute approximate surface area is 165 Å². The van der Waals surface area contributed by atoms with Crippen LogP contribution in [0.1, 0.15) is 18.1 Å². The van der Waals surface area contributed by atoms with Crippen molar-refractivity contribution in [1.29, 1.82) is 0 Å². The molecule has 1 amide bonds. The monoisotopic (exact) mass is 426 g/mol. The van der Waals surface area contributed by atoms with Gasteiger partial charge in [-0.1, -0.05) is 42.5 Å². The van der Waals surface area contributed by atoms with Crippen LogP contribution in [0.25, 0.3) is 10.8 Å². The summed E-state index contributed by atoms with van der Waals surface area (Å²) in [4.78, 5) is 12.2. The van der Waals surface area contributed by atoms with Gasteiger partial charge in [0.05, 0.1) is 23.7 Å². The number of fused-ring (bicyclic) bond motifs is 1. The first-order valence-corrected chi connectivity index (χ1v) is 9.31. The molecule has 0 aliphatic heterocycles. The molecule has 0 aliphatic rings. The van der Waals surface area contributed by atoms with Crippen molar-refractivity contribution in [2.45, 2.75) is 13.3 Å². The molecule has 0 saturated carbocycles. The van der Waals surface area contributed by atoms with E-state index in [2.05, 4.69) is 26.5 Å². The lowest BCUT2D eigenvalue weighted by molar-refractivity contribution is -0.120. The molecule has 0 unspecified atom stereocenters. The van der Waals surface area contributed by atoms with Crippen LogP contribution in [-0.4, -0.2) is 23.8 Å². The molecule has 27 heavy (non-hydrogen) atoms. The highest BCUT2D eigenvalue weighted by Crippen LogP contribution is 2.35. The zero-order valence-corrected chi connectivity index (χ0v) is 16.4. The fourth-order valence-corrected chi connectivity index (χ4v) is 3.23. The van der Waals surface area contributed by atoms with Crippen LogP contribution in [0.3, 0.4) is 0 Å². The summed E-state index contributed by atoms with van der Waals surface area (Å²) in [5.41, 5.74) is 4.18. The predicted molar refractivity (Wildman–Crippen MR) is 110 cm³/mol. The molecular weight excluding hydrogens is 408 g/mol. The number of benzene rings is 3. The van der Waals surface area contributed by atoms with Gasteiger partial charge in [0.25, 0.3) is 0 Å². The van der Waals surface area contributed by atoms with E-state index in [0.29, 0.717) is 22.4 Å². The zero-order valence-electron chi connectivity index (χ0n) is 14.8. The summed E-state index contributed by atoms with van der Waals surface area (Å²) < 4.78 is 5.87. The molecule has 2 N–H and O–H groups in total. The lowest BCUT2D eigenvalue weighted by Crippen LogP contribution is -2.19. The summed E-state index contributed by atoms with van der Waals surface area (Å²) in [6.07, 6.45) is 1.75. The maximum Gasteiger partial charge on any atom is 0.244 e. The molecule has 138 valence electrons. The van der Waals surface area contributed by atoms with Crippen molar-refractivity contribution < 1.29 is 14.6 Å². The Morgan fingerprint density at radius 2 is 2.00 bits per heavy atom. The smallest absolute Gasteiger partial charge is 0.244 e. The molecule has 0 aromatic heterocycles. The molecule has 0 heterocycles. The van der Waals surface area contributed by atoms with Gasteiger partial charge in [0.1, 0.15) is 0 Å². The van der Waals surface area contributed by atoms with Crippen molar-refractivity contribution in [3.8, 4) is 11.5 Å². The van der Waals surface area contributed by atoms with Crippen LogP contribution in [0.15, 0.2) is 64.2 Å². The Hall–Kier alpha value is -2.86. The number of carbonyl (C=O) groups is 1. The molecule has 0 bridgehead atoms. The lowest BCUT2D eigenvalue weighted by Gasteiger charge is -2.08. The second-order valence-electron chi connectivity index (χ2n) is 5.89. The minimum Gasteiger partial charge on any atom is -0.503 e. The average molecular weight is 427 g/mol. The Kier molecular flexibility index (Phi) is 6.08. The van der Waals surface area contributed by atoms with E-state index in [1.165, 1.54) is 6.21 Å². The summed E-state index contributed by atoms with van der Waals surface area (Å²) in [6, 6.07) is 17.2. The molecule has 0 saturated heterocycles. The van der Waals surface area contributed by atoms with Crippen molar-refractivity contribution in [2.75, 3.05) is 6.61 Å². The highest BCUT2D eigenvalue weighted by Gasteiger charge is 2.09. The summed E-state index contributed by atoms with van der Waals surface area (Å²) in [5, 5.41) is 16.1. The Morgan fingerprint density at radius 3 is 2.81 bits per heavy atom. The highest BCUT2D eigenvalue weighted by molar-refractivity contribution is 9.10. The maximum atomic E-state index is 12.2. The number of nitrogens with one attached hydrogen (secondary N) is 1. The molecule has 0 atom stereocenters. The number of nitrogens with zero attached hydrogens (tertiary/aromatic N) is 1. The third kappa shape index (κ3) is 4.65. The summed E-state index contributed by atoms with van der Waals surface area (Å²) in [7, 11) is 0. The molecule has 3 aromatic carbocycles. The first-order chi connectivity index (χ1) is 13.1. The highest BCUT2D eigenvalue weighted by atomic mass is 79.9. The number of phenolic OH excluding ortho intramolecular Hbond substituents is 1. The van der Waals surface area contributed by atoms with Gasteiger partial charge in [-0.3, -0.25) is 4.79 Å². The first-order valence-electron chi connectivity index (χ1n) is 8.52. The van der Waals surface area contributed by atoms with E-state index in [0.717, 1.165) is 16.3 Å². The third-order valence-corrected chi connectivity index (χ3v) is 4.59. The molecule has 0 aliphatic carbocycles. The van der Waals surface area contributed by atoms with Crippen LogP contribution in [0.5, 0.6) is 11.5 Å². The van der Waals surface area contributed by atoms with E-state index in [9.17, 15) is 9.90 Å². The molecule has 0 radical (unpaired) electrons. The van der Waals surface area contributed by atoms with Crippen LogP contribution in [-0.2, 0) is 11.2 Å². The number of rotatable bonds is 6. The van der Waals surface area contributed by atoms with Gasteiger partial charge in [-0.15, -0.1) is 0 Å². The Balaban J connectivity index is 1.68. The fourth-order valence-electron chi connectivity index (χ4n) is 2.77. The number of hydrogen-bond donors (Lipinski definition) is 2. The van der Waals surface area contributed by atoms with Gasteiger partial charge in [-0.2, -0.15) is 5.10 Å². The largest absolute Gasteiger partial charge is 0.503 e. The second kappa shape index (κ2) is 8.68. The molecule has 0 fully saturated rings. The van der Waals surface area contributed by atoms with Crippen molar-refractivity contribution >= 4 is 38.8 Å². The quantitative estimate of drug-likeness (QED) is 0.453. The number of hydrogen-bond acceptors (Lipinski definition) is 4. The van der Waals surface area contributed by atoms with E-state index < -0.39 is 0 Å². The SMILES string of the molecule is CCOc1cc(/C=N\NC(=O)Cc2cccc3ccccc23)cc(Br)c1O. The molecule has 0 spiro atoms. The van der Waals surface area contributed by atoms with Crippen LogP contribution in [0.2, 0.25) is 0 Å². The summed E-state index contributed by atoms with van der Waals surface area (Å²) >= 11 is 3.28. The van der Waals surface area contributed by atoms with Crippen molar-refractivity contribution in [1.82, 2.24) is 5.43 Å². The number of halogens is 1. The predicted octanol–water partition coefficient (Wildman–Crippen LogP) is 4.40. The van der Waals surface area contributed by atoms with Gasteiger partial charge < -0.3 is 9.84 Å². The molecule has 5 nitrogen and oxygen atoms in total. The summed E-state index contributed by atoms with van der Waals surface area (Å²) in [5.74, 6) is 0.190. The van der Waals surface area contributed by atoms with Gasteiger partial charge in [0, 0.05) is 0 Å². The number of carbonyl (C=O) groups excluding carboxylic acids is 1. The number of hydrazone groups is 1. The lowest BCUT2D eigenvalue weighted by atomic mass is 10.0. The molecule has 3 rings (SSSR count). The Morgan fingerprint density at radius 1 is 1.22 bits per heavy atom. The van der Waals surface area contributed by atoms with E-state index >= 15 is 0 Å². The third-order valence-electron chi connectivity index (χ3n) is 3.98. The minimum atomic E-state index is -0.203. The van der Waals surface area contributed by atoms with Crippen LogP contribution >= 0.6 is 15.9 Å². The van der Waals surface area contributed by atoms with Crippen LogP contribution in [0, 0.1) is 0 Å². The normalized spacial score (nSPS) is 11.0. The van der Waals surface area contributed by atoms with Crippen LogP contribution in [0.4, 0.5) is 0 Å². The fraction of sp³-hybridized carbons (Fsp3) is 0.143. The maximum absolute atomic E-state index is 12.2. The Bertz CT molecular complexity index is 997. The second-order valence-corrected chi connectivity index (χ2v) is 6.75. The van der Waals surface area contributed by atoms with Crippen molar-refractivity contribution in [2.24, 2.45) is 5.10 Å². The number of phenols is 1. The van der Waals surface area contributed by atoms with Gasteiger partial charge in [-0.05, 0) is 56.9 Å². The van der Waals surface area contributed by atoms with Gasteiger partial charge in [0.15, 0.2) is 11.5 Å². The molecule has 6 heteroatoms. The summed E-state index contributed by atoms with van der Waals surface area (Å²) in [6.45, 7) is 2.27. The minimum absolute atomic E-state index is 0.0361. The molecule has 3 aromatic rings. The topological polar surface area (TPSA) is 70.9 Å².